The summed E-state index contributed by atoms with van der Waals surface area (Å²) < 4.78 is 2.53. The number of hydrogen-bond acceptors (Lipinski definition) is 5. The van der Waals surface area contributed by atoms with E-state index in [1.54, 1.807) is 17.5 Å². The Kier molecular flexibility index (Phi) is 5.66. The van der Waals surface area contributed by atoms with Crippen LogP contribution in [0.5, 0.6) is 0 Å². The van der Waals surface area contributed by atoms with E-state index < -0.39 is 0 Å². The van der Waals surface area contributed by atoms with Gasteiger partial charge in [0.1, 0.15) is 0 Å². The molecule has 7 aromatic rings. The van der Waals surface area contributed by atoms with Gasteiger partial charge >= 0.3 is 0 Å². The number of thiophene rings is 1. The van der Waals surface area contributed by atoms with Gasteiger partial charge in [-0.15, -0.1) is 11.3 Å². The van der Waals surface area contributed by atoms with Crippen molar-refractivity contribution in [3.05, 3.63) is 127 Å². The fourth-order valence-corrected chi connectivity index (χ4v) is 6.00. The highest BCUT2D eigenvalue weighted by Crippen LogP contribution is 2.37. The molecule has 3 aromatic heterocycles. The monoisotopic (exact) mass is 516 g/mol. The molecule has 4 nitrogen and oxygen atoms in total. The molecule has 4 aromatic carbocycles. The smallest absolute Gasteiger partial charge is 0.161 e. The fraction of sp³-hybridized carbons (Fsp3) is 0. The van der Waals surface area contributed by atoms with E-state index in [0.29, 0.717) is 11.4 Å². The minimum atomic E-state index is 0.616. The second-order valence-electron chi connectivity index (χ2n) is 9.25. The van der Waals surface area contributed by atoms with E-state index in [2.05, 4.69) is 65.7 Å². The van der Waals surface area contributed by atoms with Gasteiger partial charge in [0.15, 0.2) is 5.82 Å². The van der Waals surface area contributed by atoms with E-state index in [1.807, 2.05) is 60.8 Å². The molecule has 0 aliphatic heterocycles. The molecule has 0 fully saturated rings. The molecule has 0 bridgehead atoms. The first-order valence-electron chi connectivity index (χ1n) is 12.6. The number of nitriles is 1. The second-order valence-corrected chi connectivity index (χ2v) is 10.3. The zero-order chi connectivity index (χ0) is 26.2. The van der Waals surface area contributed by atoms with Crippen molar-refractivity contribution in [1.29, 1.82) is 5.26 Å². The molecule has 0 atom stereocenters. The molecule has 0 aliphatic rings. The van der Waals surface area contributed by atoms with Crippen LogP contribution in [-0.4, -0.2) is 15.0 Å². The van der Waals surface area contributed by atoms with Crippen molar-refractivity contribution < 1.29 is 0 Å². The zero-order valence-corrected chi connectivity index (χ0v) is 21.6. The maximum atomic E-state index is 9.29. The molecule has 0 saturated carbocycles. The number of hydrogen-bond donors (Lipinski definition) is 0. The van der Waals surface area contributed by atoms with Gasteiger partial charge in [0.05, 0.1) is 23.0 Å². The van der Waals surface area contributed by atoms with Gasteiger partial charge in [-0.25, -0.2) is 9.97 Å². The summed E-state index contributed by atoms with van der Waals surface area (Å²) in [5, 5.41) is 11.8. The molecule has 39 heavy (non-hydrogen) atoms. The van der Waals surface area contributed by atoms with Gasteiger partial charge in [-0.2, -0.15) is 5.26 Å². The Morgan fingerprint density at radius 2 is 1.31 bits per heavy atom. The van der Waals surface area contributed by atoms with Crippen LogP contribution in [0, 0.1) is 11.3 Å². The van der Waals surface area contributed by atoms with Crippen molar-refractivity contribution in [3.8, 4) is 51.1 Å². The second kappa shape index (κ2) is 9.60. The highest BCUT2D eigenvalue weighted by molar-refractivity contribution is 7.25. The van der Waals surface area contributed by atoms with Gasteiger partial charge in [0.2, 0.25) is 0 Å². The largest absolute Gasteiger partial charge is 0.264 e. The maximum absolute atomic E-state index is 9.29. The zero-order valence-electron chi connectivity index (χ0n) is 20.7. The molecule has 5 heteroatoms. The van der Waals surface area contributed by atoms with E-state index in [-0.39, 0.29) is 0 Å². The van der Waals surface area contributed by atoms with Gasteiger partial charge < -0.3 is 0 Å². The number of pyridine rings is 1. The number of benzene rings is 4. The van der Waals surface area contributed by atoms with Gasteiger partial charge in [-0.1, -0.05) is 66.7 Å². The average molecular weight is 517 g/mol. The van der Waals surface area contributed by atoms with Crippen LogP contribution < -0.4 is 0 Å². The summed E-state index contributed by atoms with van der Waals surface area (Å²) in [6.07, 6.45) is 3.64. The lowest BCUT2D eigenvalue weighted by Gasteiger charge is -2.12. The van der Waals surface area contributed by atoms with Gasteiger partial charge in [0, 0.05) is 54.8 Å². The van der Waals surface area contributed by atoms with E-state index in [9.17, 15) is 5.26 Å². The third-order valence-corrected chi connectivity index (χ3v) is 8.00. The Balaban J connectivity index is 1.45. The van der Waals surface area contributed by atoms with E-state index >= 15 is 0 Å². The third kappa shape index (κ3) is 4.23. The summed E-state index contributed by atoms with van der Waals surface area (Å²) in [7, 11) is 0. The van der Waals surface area contributed by atoms with Crippen LogP contribution in [0.25, 0.3) is 65.2 Å². The van der Waals surface area contributed by atoms with Crippen molar-refractivity contribution in [3.63, 3.8) is 0 Å². The number of nitrogens with zero attached hydrogens (tertiary/aromatic N) is 4. The summed E-state index contributed by atoms with van der Waals surface area (Å²) in [6, 6.07) is 39.0. The number of aromatic nitrogens is 3. The molecule has 0 amide bonds. The van der Waals surface area contributed by atoms with E-state index in [0.717, 1.165) is 39.2 Å². The Labute approximate surface area is 229 Å². The minimum Gasteiger partial charge on any atom is -0.264 e. The first-order valence-corrected chi connectivity index (χ1v) is 13.4. The first-order chi connectivity index (χ1) is 19.3. The molecular weight excluding hydrogens is 496 g/mol. The average Bonchev–Trinajstić information content (AvgIpc) is 3.39. The summed E-state index contributed by atoms with van der Waals surface area (Å²) >= 11 is 1.80. The molecule has 0 aliphatic carbocycles. The molecule has 0 N–H and O–H groups in total. The summed E-state index contributed by atoms with van der Waals surface area (Å²) in [5.74, 6) is 0.640. The third-order valence-electron chi connectivity index (χ3n) is 6.85. The van der Waals surface area contributed by atoms with Crippen molar-refractivity contribution in [2.45, 2.75) is 0 Å². The fourth-order valence-electron chi connectivity index (χ4n) is 4.92. The summed E-state index contributed by atoms with van der Waals surface area (Å²) in [6.45, 7) is 0. The predicted octanol–water partition coefficient (Wildman–Crippen LogP) is 8.78. The Hall–Kier alpha value is -5.18. The number of fused-ring (bicyclic) bond motifs is 3. The normalized spacial score (nSPS) is 11.1. The molecule has 182 valence electrons. The Morgan fingerprint density at radius 3 is 2.10 bits per heavy atom. The quantitative estimate of drug-likeness (QED) is 0.235. The predicted molar refractivity (Wildman–Crippen MR) is 159 cm³/mol. The molecule has 0 saturated heterocycles. The lowest BCUT2D eigenvalue weighted by Crippen LogP contribution is -1.97. The van der Waals surface area contributed by atoms with Crippen LogP contribution in [0.15, 0.2) is 122 Å². The van der Waals surface area contributed by atoms with E-state index in [1.165, 1.54) is 20.2 Å². The van der Waals surface area contributed by atoms with Crippen LogP contribution in [0.3, 0.4) is 0 Å². The first kappa shape index (κ1) is 23.0. The highest BCUT2D eigenvalue weighted by Gasteiger charge is 2.15. The standard InChI is InChI=1S/C34H20N4S/c35-20-22-11-13-23(14-12-22)30-19-31(24-15-16-33-29(18-24)27-8-3-4-10-32(27)39-33)38-34(37-30)28-9-2-1-7-26(28)25-6-5-17-36-21-25/h1-19,21H. The van der Waals surface area contributed by atoms with Crippen molar-refractivity contribution >= 4 is 31.5 Å². The maximum Gasteiger partial charge on any atom is 0.161 e. The van der Waals surface area contributed by atoms with Crippen LogP contribution in [0.4, 0.5) is 0 Å². The summed E-state index contributed by atoms with van der Waals surface area (Å²) in [5.41, 5.74) is 7.19. The van der Waals surface area contributed by atoms with Crippen molar-refractivity contribution in [1.82, 2.24) is 15.0 Å². The molecule has 0 radical (unpaired) electrons. The van der Waals surface area contributed by atoms with E-state index in [4.69, 9.17) is 9.97 Å². The van der Waals surface area contributed by atoms with Crippen LogP contribution >= 0.6 is 11.3 Å². The molecule has 7 rings (SSSR count). The van der Waals surface area contributed by atoms with Gasteiger partial charge in [-0.05, 0) is 48.0 Å². The topological polar surface area (TPSA) is 62.5 Å². The van der Waals surface area contributed by atoms with Gasteiger partial charge in [-0.3, -0.25) is 4.98 Å². The molecule has 3 heterocycles. The van der Waals surface area contributed by atoms with Crippen molar-refractivity contribution in [2.75, 3.05) is 0 Å². The summed E-state index contributed by atoms with van der Waals surface area (Å²) in [4.78, 5) is 14.5. The van der Waals surface area contributed by atoms with Crippen LogP contribution in [0.1, 0.15) is 5.56 Å². The van der Waals surface area contributed by atoms with Crippen LogP contribution in [0.2, 0.25) is 0 Å². The Morgan fingerprint density at radius 1 is 0.590 bits per heavy atom. The Bertz CT molecular complexity index is 2020. The lowest BCUT2D eigenvalue weighted by molar-refractivity contribution is 1.18. The molecule has 0 spiro atoms. The number of rotatable bonds is 4. The van der Waals surface area contributed by atoms with Gasteiger partial charge in [0.25, 0.3) is 0 Å². The van der Waals surface area contributed by atoms with Crippen molar-refractivity contribution in [2.24, 2.45) is 0 Å². The molecule has 0 unspecified atom stereocenters. The minimum absolute atomic E-state index is 0.616. The lowest BCUT2D eigenvalue weighted by atomic mass is 9.99. The van der Waals surface area contributed by atoms with Crippen LogP contribution in [-0.2, 0) is 0 Å². The highest BCUT2D eigenvalue weighted by atomic mass is 32.1. The SMILES string of the molecule is N#Cc1ccc(-c2cc(-c3ccc4sc5ccccc5c4c3)nc(-c3ccccc3-c3cccnc3)n2)cc1. The molecular formula is C34H20N4S.